The highest BCUT2D eigenvalue weighted by Crippen LogP contribution is 2.20. The summed E-state index contributed by atoms with van der Waals surface area (Å²) in [7, 11) is 0. The molecule has 0 saturated heterocycles. The van der Waals surface area contributed by atoms with Gasteiger partial charge in [-0.2, -0.15) is 0 Å². The van der Waals surface area contributed by atoms with Crippen LogP contribution in [0.1, 0.15) is 11.3 Å². The van der Waals surface area contributed by atoms with E-state index in [2.05, 4.69) is 9.97 Å². The van der Waals surface area contributed by atoms with Crippen molar-refractivity contribution < 1.29 is 0 Å². The SMILES string of the molecule is Nc1ccc(Cl)c(/C=C/c2ccncn2)c1. The summed E-state index contributed by atoms with van der Waals surface area (Å²) in [4.78, 5) is 7.91. The normalized spacial score (nSPS) is 10.8. The van der Waals surface area contributed by atoms with Gasteiger partial charge in [0.15, 0.2) is 0 Å². The quantitative estimate of drug-likeness (QED) is 0.809. The van der Waals surface area contributed by atoms with Gasteiger partial charge >= 0.3 is 0 Å². The average Bonchev–Trinajstić information content (AvgIpc) is 2.32. The van der Waals surface area contributed by atoms with Crippen molar-refractivity contribution in [3.8, 4) is 0 Å². The fraction of sp³-hybridized carbons (Fsp3) is 0. The van der Waals surface area contributed by atoms with Crippen molar-refractivity contribution in [3.63, 3.8) is 0 Å². The molecule has 0 aliphatic heterocycles. The number of halogens is 1. The summed E-state index contributed by atoms with van der Waals surface area (Å²) in [5.74, 6) is 0. The number of hydrogen-bond donors (Lipinski definition) is 1. The number of aromatic nitrogens is 2. The van der Waals surface area contributed by atoms with E-state index in [1.165, 1.54) is 6.33 Å². The monoisotopic (exact) mass is 231 g/mol. The fourth-order valence-electron chi connectivity index (χ4n) is 1.26. The van der Waals surface area contributed by atoms with Crippen LogP contribution < -0.4 is 5.73 Å². The van der Waals surface area contributed by atoms with Crippen LogP contribution in [-0.2, 0) is 0 Å². The molecule has 0 aliphatic rings. The van der Waals surface area contributed by atoms with Gasteiger partial charge in [0.2, 0.25) is 0 Å². The summed E-state index contributed by atoms with van der Waals surface area (Å²) in [6, 6.07) is 7.18. The van der Waals surface area contributed by atoms with Gasteiger partial charge in [0, 0.05) is 16.9 Å². The lowest BCUT2D eigenvalue weighted by Gasteiger charge is -1.99. The van der Waals surface area contributed by atoms with Gasteiger partial charge in [-0.15, -0.1) is 0 Å². The molecule has 1 aromatic carbocycles. The minimum Gasteiger partial charge on any atom is -0.399 e. The highest BCUT2D eigenvalue weighted by atomic mass is 35.5. The summed E-state index contributed by atoms with van der Waals surface area (Å²) in [5, 5.41) is 0.666. The van der Waals surface area contributed by atoms with E-state index >= 15 is 0 Å². The second-order valence-corrected chi connectivity index (χ2v) is 3.66. The Balaban J connectivity index is 2.27. The van der Waals surface area contributed by atoms with Gasteiger partial charge in [-0.3, -0.25) is 0 Å². The molecule has 0 saturated carbocycles. The highest BCUT2D eigenvalue weighted by molar-refractivity contribution is 6.32. The largest absolute Gasteiger partial charge is 0.399 e. The molecule has 0 radical (unpaired) electrons. The minimum absolute atomic E-state index is 0.666. The van der Waals surface area contributed by atoms with Crippen molar-refractivity contribution in [3.05, 3.63) is 53.1 Å². The van der Waals surface area contributed by atoms with Gasteiger partial charge in [0.25, 0.3) is 0 Å². The number of nitrogens with two attached hydrogens (primary N) is 1. The summed E-state index contributed by atoms with van der Waals surface area (Å²) >= 11 is 6.02. The lowest BCUT2D eigenvalue weighted by Crippen LogP contribution is -1.85. The maximum atomic E-state index is 6.02. The Bertz CT molecular complexity index is 509. The molecule has 3 nitrogen and oxygen atoms in total. The number of benzene rings is 1. The van der Waals surface area contributed by atoms with Crippen LogP contribution in [0, 0.1) is 0 Å². The van der Waals surface area contributed by atoms with Crippen LogP contribution in [-0.4, -0.2) is 9.97 Å². The van der Waals surface area contributed by atoms with E-state index in [0.717, 1.165) is 11.3 Å². The van der Waals surface area contributed by atoms with E-state index in [4.69, 9.17) is 17.3 Å². The lowest BCUT2D eigenvalue weighted by atomic mass is 10.2. The van der Waals surface area contributed by atoms with Crippen LogP contribution in [0.5, 0.6) is 0 Å². The number of anilines is 1. The molecule has 2 aromatic rings. The molecule has 2 rings (SSSR count). The zero-order chi connectivity index (χ0) is 11.4. The molecule has 80 valence electrons. The van der Waals surface area contributed by atoms with Crippen molar-refractivity contribution in [2.24, 2.45) is 0 Å². The van der Waals surface area contributed by atoms with E-state index in [0.29, 0.717) is 10.7 Å². The third-order valence-electron chi connectivity index (χ3n) is 2.06. The molecule has 0 unspecified atom stereocenters. The molecule has 0 fully saturated rings. The van der Waals surface area contributed by atoms with Crippen molar-refractivity contribution in [2.75, 3.05) is 5.73 Å². The second kappa shape index (κ2) is 4.77. The molecule has 0 amide bonds. The molecule has 2 N–H and O–H groups in total. The van der Waals surface area contributed by atoms with Crippen LogP contribution in [0.25, 0.3) is 12.2 Å². The van der Waals surface area contributed by atoms with Gasteiger partial charge in [0.1, 0.15) is 6.33 Å². The molecule has 0 spiro atoms. The Hall–Kier alpha value is -1.87. The minimum atomic E-state index is 0.666. The molecule has 0 aliphatic carbocycles. The number of nitrogens with zero attached hydrogens (tertiary/aromatic N) is 2. The zero-order valence-corrected chi connectivity index (χ0v) is 9.22. The summed E-state index contributed by atoms with van der Waals surface area (Å²) in [6.45, 7) is 0. The number of hydrogen-bond acceptors (Lipinski definition) is 3. The summed E-state index contributed by atoms with van der Waals surface area (Å²) in [6.07, 6.45) is 6.93. The Morgan fingerprint density at radius 2 is 2.06 bits per heavy atom. The maximum absolute atomic E-state index is 6.02. The molecular weight excluding hydrogens is 222 g/mol. The number of nitrogen functional groups attached to an aromatic ring is 1. The second-order valence-electron chi connectivity index (χ2n) is 3.25. The van der Waals surface area contributed by atoms with E-state index in [1.54, 1.807) is 18.3 Å². The van der Waals surface area contributed by atoms with Crippen LogP contribution in [0.3, 0.4) is 0 Å². The fourth-order valence-corrected chi connectivity index (χ4v) is 1.45. The van der Waals surface area contributed by atoms with E-state index in [1.807, 2.05) is 24.3 Å². The standard InChI is InChI=1S/C12H10ClN3/c13-12-4-2-10(14)7-9(12)1-3-11-5-6-15-8-16-11/h1-8H,14H2/b3-1+. The molecule has 0 atom stereocenters. The number of rotatable bonds is 2. The summed E-state index contributed by atoms with van der Waals surface area (Å²) in [5.41, 5.74) is 8.07. The highest BCUT2D eigenvalue weighted by Gasteiger charge is 1.96. The maximum Gasteiger partial charge on any atom is 0.115 e. The Morgan fingerprint density at radius 1 is 1.19 bits per heavy atom. The van der Waals surface area contributed by atoms with Gasteiger partial charge in [-0.25, -0.2) is 9.97 Å². The first-order valence-corrected chi connectivity index (χ1v) is 5.12. The Kier molecular flexibility index (Phi) is 3.17. The average molecular weight is 232 g/mol. The van der Waals surface area contributed by atoms with Crippen molar-refractivity contribution in [2.45, 2.75) is 0 Å². The van der Waals surface area contributed by atoms with Crippen LogP contribution in [0.15, 0.2) is 36.8 Å². The molecule has 16 heavy (non-hydrogen) atoms. The van der Waals surface area contributed by atoms with Crippen molar-refractivity contribution in [1.29, 1.82) is 0 Å². The molecule has 0 bridgehead atoms. The zero-order valence-electron chi connectivity index (χ0n) is 8.47. The van der Waals surface area contributed by atoms with Gasteiger partial charge in [-0.05, 0) is 35.9 Å². The van der Waals surface area contributed by atoms with Crippen molar-refractivity contribution in [1.82, 2.24) is 9.97 Å². The molecule has 1 aromatic heterocycles. The first kappa shape index (κ1) is 10.6. The van der Waals surface area contributed by atoms with Crippen molar-refractivity contribution >= 4 is 29.4 Å². The first-order valence-electron chi connectivity index (χ1n) is 4.75. The topological polar surface area (TPSA) is 51.8 Å². The van der Waals surface area contributed by atoms with Crippen LogP contribution in [0.4, 0.5) is 5.69 Å². The predicted octanol–water partition coefficient (Wildman–Crippen LogP) is 2.88. The smallest absolute Gasteiger partial charge is 0.115 e. The lowest BCUT2D eigenvalue weighted by molar-refractivity contribution is 1.15. The van der Waals surface area contributed by atoms with Crippen LogP contribution >= 0.6 is 11.6 Å². The van der Waals surface area contributed by atoms with E-state index < -0.39 is 0 Å². The summed E-state index contributed by atoms with van der Waals surface area (Å²) < 4.78 is 0. The predicted molar refractivity (Wildman–Crippen MR) is 66.8 cm³/mol. The van der Waals surface area contributed by atoms with E-state index in [9.17, 15) is 0 Å². The van der Waals surface area contributed by atoms with Gasteiger partial charge in [-0.1, -0.05) is 17.7 Å². The third-order valence-corrected chi connectivity index (χ3v) is 2.40. The molecule has 1 heterocycles. The first-order chi connectivity index (χ1) is 7.75. The third kappa shape index (κ3) is 2.58. The molecular formula is C12H10ClN3. The van der Waals surface area contributed by atoms with Gasteiger partial charge < -0.3 is 5.73 Å². The Morgan fingerprint density at radius 3 is 2.81 bits per heavy atom. The van der Waals surface area contributed by atoms with Crippen LogP contribution in [0.2, 0.25) is 5.02 Å². The Labute approximate surface area is 98.6 Å². The van der Waals surface area contributed by atoms with Gasteiger partial charge in [0.05, 0.1) is 5.69 Å². The molecule has 4 heteroatoms. The van der Waals surface area contributed by atoms with E-state index in [-0.39, 0.29) is 0 Å².